The maximum atomic E-state index is 14.7. The van der Waals surface area contributed by atoms with E-state index < -0.39 is 124 Å². The molecule has 7 fully saturated rings. The highest BCUT2D eigenvalue weighted by Crippen LogP contribution is 2.68. The average molecular weight is 1110 g/mol. The summed E-state index contributed by atoms with van der Waals surface area (Å²) in [6.07, 6.45) is -4.18. The number of aliphatic hydroxyl groups is 7. The van der Waals surface area contributed by atoms with Crippen LogP contribution in [0.15, 0.2) is 11.6 Å². The van der Waals surface area contributed by atoms with Gasteiger partial charge in [0.25, 0.3) is 5.91 Å². The van der Waals surface area contributed by atoms with E-state index in [4.69, 9.17) is 28.4 Å². The first-order valence-electron chi connectivity index (χ1n) is 29.5. The molecule has 4 saturated carbocycles. The van der Waals surface area contributed by atoms with E-state index in [1.54, 1.807) is 40.7 Å². The van der Waals surface area contributed by atoms with Gasteiger partial charge in [-0.1, -0.05) is 40.2 Å². The fourth-order valence-electron chi connectivity index (χ4n) is 16.7. The summed E-state index contributed by atoms with van der Waals surface area (Å²) in [6, 6.07) is -1.15. The molecule has 8 N–H and O–H groups in total. The molecule has 0 bridgehead atoms. The minimum absolute atomic E-state index is 0.00368. The molecular weight excluding hydrogens is 1010 g/mol. The molecule has 0 aromatic heterocycles. The average Bonchev–Trinajstić information content (AvgIpc) is 4.04. The number of rotatable bonds is 12. The van der Waals surface area contributed by atoms with Gasteiger partial charge in [-0.05, 0) is 149 Å². The van der Waals surface area contributed by atoms with Crippen LogP contribution in [0, 0.1) is 45.8 Å². The Morgan fingerprint density at radius 2 is 1.60 bits per heavy atom. The monoisotopic (exact) mass is 1110 g/mol. The van der Waals surface area contributed by atoms with E-state index in [9.17, 15) is 50.1 Å². The van der Waals surface area contributed by atoms with Gasteiger partial charge in [-0.3, -0.25) is 19.3 Å². The predicted molar refractivity (Wildman–Crippen MR) is 287 cm³/mol. The number of amides is 1. The number of ketones is 1. The van der Waals surface area contributed by atoms with E-state index in [1.165, 1.54) is 14.0 Å². The molecule has 3 saturated heterocycles. The highest BCUT2D eigenvalue weighted by molar-refractivity contribution is 5.91. The van der Waals surface area contributed by atoms with Crippen molar-refractivity contribution in [3.63, 3.8) is 0 Å². The summed E-state index contributed by atoms with van der Waals surface area (Å²) in [6.45, 7) is 20.4. The van der Waals surface area contributed by atoms with Crippen molar-refractivity contribution in [3.8, 4) is 0 Å². The molecule has 0 spiro atoms. The highest BCUT2D eigenvalue weighted by atomic mass is 16.7. The van der Waals surface area contributed by atoms with E-state index in [0.29, 0.717) is 32.1 Å². The highest BCUT2D eigenvalue weighted by Gasteiger charge is 2.72. The molecule has 3 heterocycles. The molecule has 446 valence electrons. The molecule has 19 nitrogen and oxygen atoms in total. The third-order valence-corrected chi connectivity index (χ3v) is 22.0. The van der Waals surface area contributed by atoms with Crippen LogP contribution in [-0.4, -0.2) is 206 Å². The third-order valence-electron chi connectivity index (χ3n) is 22.0. The number of aliphatic hydroxyl groups excluding tert-OH is 4. The van der Waals surface area contributed by atoms with Crippen molar-refractivity contribution in [3.05, 3.63) is 11.6 Å². The van der Waals surface area contributed by atoms with Crippen molar-refractivity contribution < 1.29 is 78.6 Å². The summed E-state index contributed by atoms with van der Waals surface area (Å²) in [7, 11) is 5.24. The van der Waals surface area contributed by atoms with Crippen molar-refractivity contribution in [1.82, 2.24) is 15.1 Å². The largest absolute Gasteiger partial charge is 0.459 e. The molecule has 0 radical (unpaired) electrons. The van der Waals surface area contributed by atoms with E-state index in [-0.39, 0.29) is 92.8 Å². The van der Waals surface area contributed by atoms with Crippen LogP contribution in [0.4, 0.5) is 0 Å². The number of esters is 1. The van der Waals surface area contributed by atoms with Crippen molar-refractivity contribution in [2.24, 2.45) is 45.8 Å². The number of carbonyl (C=O) groups excluding carboxylic acids is 3. The van der Waals surface area contributed by atoms with Crippen LogP contribution in [-0.2, 0) is 42.8 Å². The fourth-order valence-corrected chi connectivity index (χ4v) is 16.7. The summed E-state index contributed by atoms with van der Waals surface area (Å²) in [5.74, 6) is -2.99. The molecule has 1 amide bonds. The maximum absolute atomic E-state index is 14.7. The number of fused-ring (bicyclic) bond motifs is 6. The Kier molecular flexibility index (Phi) is 17.8. The van der Waals surface area contributed by atoms with Gasteiger partial charge in [0.2, 0.25) is 0 Å². The zero-order valence-corrected chi connectivity index (χ0v) is 49.3. The smallest absolute Gasteiger partial charge is 0.311 e. The van der Waals surface area contributed by atoms with Crippen molar-refractivity contribution in [2.75, 3.05) is 40.8 Å². The molecule has 8 rings (SSSR count). The predicted octanol–water partition coefficient (Wildman–Crippen LogP) is 3.37. The van der Waals surface area contributed by atoms with Crippen LogP contribution in [0.2, 0.25) is 0 Å². The van der Waals surface area contributed by atoms with Crippen LogP contribution in [0.25, 0.3) is 0 Å². The molecule has 3 aliphatic heterocycles. The van der Waals surface area contributed by atoms with Gasteiger partial charge in [0.05, 0.1) is 47.6 Å². The summed E-state index contributed by atoms with van der Waals surface area (Å²) in [5, 5.41) is 88.7. The van der Waals surface area contributed by atoms with Crippen molar-refractivity contribution >= 4 is 17.7 Å². The van der Waals surface area contributed by atoms with E-state index in [1.807, 2.05) is 51.6 Å². The molecule has 78 heavy (non-hydrogen) atoms. The second kappa shape index (κ2) is 22.4. The van der Waals surface area contributed by atoms with Crippen LogP contribution < -0.4 is 5.32 Å². The first-order chi connectivity index (χ1) is 36.3. The Morgan fingerprint density at radius 1 is 0.910 bits per heavy atom. The normalized spacial score (nSPS) is 51.3. The molecular formula is C59H99N3O16. The van der Waals surface area contributed by atoms with Gasteiger partial charge < -0.3 is 74.4 Å². The van der Waals surface area contributed by atoms with Gasteiger partial charge in [0, 0.05) is 68.4 Å². The molecule has 8 aliphatic rings. The Balaban J connectivity index is 1.07. The van der Waals surface area contributed by atoms with E-state index >= 15 is 0 Å². The Labute approximate surface area is 463 Å². The molecule has 4 unspecified atom stereocenters. The zero-order valence-electron chi connectivity index (χ0n) is 49.3. The number of methoxy groups -OCH3 is 1. The molecule has 25 atom stereocenters. The summed E-state index contributed by atoms with van der Waals surface area (Å²) < 4.78 is 38.4. The van der Waals surface area contributed by atoms with Crippen LogP contribution in [0.3, 0.4) is 0 Å². The number of nitrogens with one attached hydrogen (secondary N) is 1. The Bertz CT molecular complexity index is 2220. The van der Waals surface area contributed by atoms with Crippen molar-refractivity contribution in [1.29, 1.82) is 0 Å². The van der Waals surface area contributed by atoms with Gasteiger partial charge >= 0.3 is 5.97 Å². The lowest BCUT2D eigenvalue weighted by molar-refractivity contribution is -0.314. The van der Waals surface area contributed by atoms with Crippen LogP contribution >= 0.6 is 0 Å². The molecule has 19 heteroatoms. The molecule has 0 aromatic rings. The van der Waals surface area contributed by atoms with Gasteiger partial charge in [-0.25, -0.2) is 0 Å². The van der Waals surface area contributed by atoms with Gasteiger partial charge in [0.15, 0.2) is 18.4 Å². The second-order valence-corrected chi connectivity index (χ2v) is 27.3. The number of ether oxygens (including phenoxy) is 6. The summed E-state index contributed by atoms with van der Waals surface area (Å²) >= 11 is 0. The minimum Gasteiger partial charge on any atom is -0.459 e. The van der Waals surface area contributed by atoms with E-state index in [2.05, 4.69) is 12.2 Å². The minimum atomic E-state index is -1.98. The fraction of sp³-hybridized carbons (Fsp3) is 0.915. The van der Waals surface area contributed by atoms with E-state index in [0.717, 1.165) is 18.4 Å². The van der Waals surface area contributed by atoms with Crippen LogP contribution in [0.5, 0.6) is 0 Å². The number of hydrogen-bond acceptors (Lipinski definition) is 18. The first-order valence-corrected chi connectivity index (χ1v) is 29.5. The Morgan fingerprint density at radius 3 is 2.26 bits per heavy atom. The van der Waals surface area contributed by atoms with Gasteiger partial charge in [0.1, 0.15) is 35.6 Å². The number of likely N-dealkylation sites (N-methyl/N-ethyl adjacent to an activating group) is 1. The zero-order chi connectivity index (χ0) is 57.6. The maximum Gasteiger partial charge on any atom is 0.311 e. The quantitative estimate of drug-likeness (QED) is 0.103. The standard InChI is InChI=1S/C59H99N3O16/c1-15-42-57(11,70)47(66)34(5)62(24-16-23-60-52(69)58(71)22-20-39-38-18-17-36-26-37(63)19-21-54(36,8)44(38)41(64)27-55(39,58)9)30-53(7)29-59(53,72)49(78-51-45(65)40(61(12)13)25-31(2)74-51)32(3)46(33(4)50(68)76-42)77-43-28-56(10,73-14)48(67)35(6)75-43/h26,31-35,38-49,51,64-67,70-72H,15-25,27-30H2,1-14H3,(H,60,69)/t31-,32+,33-,34-,35?,38?,39?,40-,41+,42-,43-,44?,45-,46+,47-,48-,49-,51+,53+,54+,55+,56+,57-,58+,59-/m1/s1. The number of allylic oxidation sites excluding steroid dienone is 1. The number of nitrogens with zero attached hydrogens (tertiary/aromatic N) is 2. The van der Waals surface area contributed by atoms with Gasteiger partial charge in [-0.2, -0.15) is 0 Å². The summed E-state index contributed by atoms with van der Waals surface area (Å²) in [4.78, 5) is 45.5. The molecule has 0 aromatic carbocycles. The SMILES string of the molecule is CC[C@H]1OC(=O)[C@H](C)[C@@H](O[C@@H]2C[C@](C)(OC)[C@H](O)C(C)O2)[C@H](C)[C@@H](O[C@@H]2O[C@H](C)C[C@@H](N(C)C)[C@H]2O)[C@]2(O)C[C@@]2(C)CN(CCCNC(=O)[C@@]2(O)CCC3C4CCC5=CC(=O)CC[C@]5(C)C4[C@@H](O)C[C@@]32C)[C@H](C)[C@@H](O)[C@]1(C)O. The lowest BCUT2D eigenvalue weighted by Crippen LogP contribution is -2.63. The number of cyclic esters (lactones) is 1. The van der Waals surface area contributed by atoms with Gasteiger partial charge in [-0.15, -0.1) is 0 Å². The van der Waals surface area contributed by atoms with Crippen LogP contribution in [0.1, 0.15) is 153 Å². The first kappa shape index (κ1) is 61.9. The lowest BCUT2D eigenvalue weighted by atomic mass is 9.45. The van der Waals surface area contributed by atoms with Crippen molar-refractivity contribution in [2.45, 2.75) is 255 Å². The second-order valence-electron chi connectivity index (χ2n) is 27.3. The molecule has 5 aliphatic carbocycles. The lowest BCUT2D eigenvalue weighted by Gasteiger charge is -2.60. The Hall–Kier alpha value is -2.21. The third kappa shape index (κ3) is 10.6. The topological polar surface area (TPSA) is 267 Å². The summed E-state index contributed by atoms with van der Waals surface area (Å²) in [5.41, 5.74) is -7.51. The number of carbonyl (C=O) groups is 3. The number of hydrogen-bond donors (Lipinski definition) is 8.